The summed E-state index contributed by atoms with van der Waals surface area (Å²) in [7, 11) is 0. The largest absolute Gasteiger partial charge is 0.464 e. The van der Waals surface area contributed by atoms with Crippen molar-refractivity contribution in [3.8, 4) is 0 Å². The van der Waals surface area contributed by atoms with Crippen LogP contribution in [0, 0.1) is 5.92 Å². The van der Waals surface area contributed by atoms with E-state index in [1.165, 1.54) is 0 Å². The van der Waals surface area contributed by atoms with Crippen molar-refractivity contribution in [3.05, 3.63) is 71.8 Å². The molecule has 132 valence electrons. The number of rotatable bonds is 6. The van der Waals surface area contributed by atoms with E-state index >= 15 is 4.39 Å². The maximum Gasteiger partial charge on any atom is 0.345 e. The number of ether oxygens (including phenoxy) is 1. The highest BCUT2D eigenvalue weighted by atomic mass is 19.1. The molecular weight excluding hydrogens is 317 g/mol. The number of carbonyl (C=O) groups excluding carboxylic acids is 1. The average molecular weight is 341 g/mol. The SMILES string of the molecule is CCOC(=O)[C@@]1(F)CN(Cc2ccccc2)C[C@H]1Cc1ccccc1. The highest BCUT2D eigenvalue weighted by molar-refractivity contribution is 5.81. The van der Waals surface area contributed by atoms with Gasteiger partial charge in [0.15, 0.2) is 0 Å². The Morgan fingerprint density at radius 1 is 1.12 bits per heavy atom. The van der Waals surface area contributed by atoms with Crippen molar-refractivity contribution in [2.24, 2.45) is 5.92 Å². The summed E-state index contributed by atoms with van der Waals surface area (Å²) in [5, 5.41) is 0. The fourth-order valence-electron chi connectivity index (χ4n) is 3.54. The molecule has 1 heterocycles. The first-order chi connectivity index (χ1) is 12.1. The van der Waals surface area contributed by atoms with Crippen LogP contribution in [-0.4, -0.2) is 36.2 Å². The summed E-state index contributed by atoms with van der Waals surface area (Å²) in [5.41, 5.74) is 0.204. The minimum atomic E-state index is -1.96. The van der Waals surface area contributed by atoms with Gasteiger partial charge in [-0.2, -0.15) is 0 Å². The molecule has 1 saturated heterocycles. The molecule has 2 aromatic rings. The number of alkyl halides is 1. The van der Waals surface area contributed by atoms with E-state index in [9.17, 15) is 4.79 Å². The van der Waals surface area contributed by atoms with E-state index in [-0.39, 0.29) is 13.2 Å². The summed E-state index contributed by atoms with van der Waals surface area (Å²) in [6.45, 7) is 3.17. The molecule has 1 aliphatic heterocycles. The quantitative estimate of drug-likeness (QED) is 0.752. The van der Waals surface area contributed by atoms with Crippen molar-refractivity contribution in [1.82, 2.24) is 4.90 Å². The first-order valence-electron chi connectivity index (χ1n) is 8.78. The molecule has 0 amide bonds. The predicted molar refractivity (Wildman–Crippen MR) is 95.8 cm³/mol. The van der Waals surface area contributed by atoms with Gasteiger partial charge in [0, 0.05) is 25.6 Å². The third kappa shape index (κ3) is 4.07. The van der Waals surface area contributed by atoms with E-state index in [1.54, 1.807) is 6.92 Å². The third-order valence-corrected chi connectivity index (χ3v) is 4.77. The lowest BCUT2D eigenvalue weighted by Crippen LogP contribution is -2.44. The molecule has 0 spiro atoms. The Bertz CT molecular complexity index is 692. The van der Waals surface area contributed by atoms with Crippen LogP contribution in [0.1, 0.15) is 18.1 Å². The van der Waals surface area contributed by atoms with Gasteiger partial charge in [-0.05, 0) is 24.5 Å². The molecule has 2 aromatic carbocycles. The number of carbonyl (C=O) groups is 1. The van der Waals surface area contributed by atoms with Crippen LogP contribution in [0.4, 0.5) is 4.39 Å². The highest BCUT2D eigenvalue weighted by Gasteiger charge is 2.53. The molecule has 0 N–H and O–H groups in total. The summed E-state index contributed by atoms with van der Waals surface area (Å²) in [5.74, 6) is -1.14. The second kappa shape index (κ2) is 7.79. The first kappa shape index (κ1) is 17.6. The number of halogens is 1. The maximum atomic E-state index is 15.7. The fraction of sp³-hybridized carbons (Fsp3) is 0.381. The van der Waals surface area contributed by atoms with Crippen molar-refractivity contribution in [2.75, 3.05) is 19.7 Å². The molecule has 0 aromatic heterocycles. The predicted octanol–water partition coefficient (Wildman–Crippen LogP) is 3.63. The minimum Gasteiger partial charge on any atom is -0.464 e. The van der Waals surface area contributed by atoms with Crippen LogP contribution >= 0.6 is 0 Å². The zero-order chi connectivity index (χ0) is 17.7. The van der Waals surface area contributed by atoms with Gasteiger partial charge >= 0.3 is 5.97 Å². The average Bonchev–Trinajstić information content (AvgIpc) is 2.93. The van der Waals surface area contributed by atoms with Crippen LogP contribution in [-0.2, 0) is 22.5 Å². The standard InChI is InChI=1S/C21H24FNO2/c1-2-25-20(24)21(22)16-23(14-18-11-7-4-8-12-18)15-19(21)13-17-9-5-3-6-10-17/h3-12,19H,2,13-16H2,1H3/t19-,21-/m1/s1. The summed E-state index contributed by atoms with van der Waals surface area (Å²) in [6.07, 6.45) is 0.529. The minimum absolute atomic E-state index is 0.0816. The normalized spacial score (nSPS) is 23.5. The zero-order valence-electron chi connectivity index (χ0n) is 14.5. The van der Waals surface area contributed by atoms with E-state index in [0.29, 0.717) is 19.5 Å². The van der Waals surface area contributed by atoms with Crippen LogP contribution in [0.15, 0.2) is 60.7 Å². The van der Waals surface area contributed by atoms with E-state index < -0.39 is 17.6 Å². The summed E-state index contributed by atoms with van der Waals surface area (Å²) in [6, 6.07) is 19.7. The number of benzene rings is 2. The van der Waals surface area contributed by atoms with Crippen LogP contribution in [0.2, 0.25) is 0 Å². The molecule has 25 heavy (non-hydrogen) atoms. The third-order valence-electron chi connectivity index (χ3n) is 4.77. The molecule has 0 saturated carbocycles. The Morgan fingerprint density at radius 2 is 1.72 bits per heavy atom. The van der Waals surface area contributed by atoms with E-state index in [0.717, 1.165) is 11.1 Å². The fourth-order valence-corrected chi connectivity index (χ4v) is 3.54. The zero-order valence-corrected chi connectivity index (χ0v) is 14.5. The summed E-state index contributed by atoms with van der Waals surface area (Å²) in [4.78, 5) is 14.4. The number of likely N-dealkylation sites (tertiary alicyclic amines) is 1. The molecule has 0 unspecified atom stereocenters. The molecule has 4 heteroatoms. The van der Waals surface area contributed by atoms with Crippen LogP contribution in [0.3, 0.4) is 0 Å². The maximum absolute atomic E-state index is 15.7. The second-order valence-corrected chi connectivity index (χ2v) is 6.62. The smallest absolute Gasteiger partial charge is 0.345 e. The monoisotopic (exact) mass is 341 g/mol. The van der Waals surface area contributed by atoms with Gasteiger partial charge in [0.05, 0.1) is 6.61 Å². The number of hydrogen-bond donors (Lipinski definition) is 0. The summed E-state index contributed by atoms with van der Waals surface area (Å²) < 4.78 is 20.7. The molecular formula is C21H24FNO2. The highest BCUT2D eigenvalue weighted by Crippen LogP contribution is 2.36. The van der Waals surface area contributed by atoms with Crippen molar-refractivity contribution in [1.29, 1.82) is 0 Å². The second-order valence-electron chi connectivity index (χ2n) is 6.62. The molecule has 1 aliphatic rings. The van der Waals surface area contributed by atoms with Gasteiger partial charge in [-0.1, -0.05) is 60.7 Å². The topological polar surface area (TPSA) is 29.5 Å². The van der Waals surface area contributed by atoms with Crippen molar-refractivity contribution >= 4 is 5.97 Å². The molecule has 0 bridgehead atoms. The van der Waals surface area contributed by atoms with E-state index in [2.05, 4.69) is 0 Å². The Balaban J connectivity index is 1.78. The molecule has 1 fully saturated rings. The van der Waals surface area contributed by atoms with Crippen molar-refractivity contribution in [2.45, 2.75) is 25.6 Å². The lowest BCUT2D eigenvalue weighted by atomic mass is 9.87. The van der Waals surface area contributed by atoms with Gasteiger partial charge in [-0.3, -0.25) is 4.90 Å². The van der Waals surface area contributed by atoms with Crippen molar-refractivity contribution < 1.29 is 13.9 Å². The molecule has 0 radical (unpaired) electrons. The lowest BCUT2D eigenvalue weighted by molar-refractivity contribution is -0.159. The van der Waals surface area contributed by atoms with Gasteiger partial charge < -0.3 is 4.74 Å². The number of esters is 1. The van der Waals surface area contributed by atoms with Gasteiger partial charge in [0.2, 0.25) is 5.67 Å². The molecule has 0 aliphatic carbocycles. The summed E-state index contributed by atoms with van der Waals surface area (Å²) >= 11 is 0. The molecule has 3 rings (SSSR count). The Kier molecular flexibility index (Phi) is 5.49. The Hall–Kier alpha value is -2.20. The first-order valence-corrected chi connectivity index (χ1v) is 8.78. The van der Waals surface area contributed by atoms with Gasteiger partial charge in [-0.25, -0.2) is 9.18 Å². The van der Waals surface area contributed by atoms with Gasteiger partial charge in [0.1, 0.15) is 0 Å². The van der Waals surface area contributed by atoms with E-state index in [1.807, 2.05) is 65.6 Å². The van der Waals surface area contributed by atoms with Crippen molar-refractivity contribution in [3.63, 3.8) is 0 Å². The van der Waals surface area contributed by atoms with Gasteiger partial charge in [-0.15, -0.1) is 0 Å². The van der Waals surface area contributed by atoms with E-state index in [4.69, 9.17) is 4.74 Å². The van der Waals surface area contributed by atoms with Gasteiger partial charge in [0.25, 0.3) is 0 Å². The molecule has 2 atom stereocenters. The Morgan fingerprint density at radius 3 is 2.32 bits per heavy atom. The van der Waals surface area contributed by atoms with Crippen LogP contribution in [0.5, 0.6) is 0 Å². The molecule has 3 nitrogen and oxygen atoms in total. The Labute approximate surface area is 148 Å². The number of nitrogens with zero attached hydrogens (tertiary/aromatic N) is 1. The number of hydrogen-bond acceptors (Lipinski definition) is 3. The van der Waals surface area contributed by atoms with Crippen LogP contribution in [0.25, 0.3) is 0 Å². The lowest BCUT2D eigenvalue weighted by Gasteiger charge is -2.24. The van der Waals surface area contributed by atoms with Crippen LogP contribution < -0.4 is 0 Å².